The number of hydrogen-bond acceptors (Lipinski definition) is 6. The SMILES string of the molecule is C1=NOCC1.C1COCN1.[O-][S+]1NC=Cc2ccccc21. The van der Waals surface area contributed by atoms with Crippen molar-refractivity contribution in [1.29, 1.82) is 0 Å². The summed E-state index contributed by atoms with van der Waals surface area (Å²) >= 11 is -1.05. The van der Waals surface area contributed by atoms with Crippen LogP contribution in [0, 0.1) is 0 Å². The molecule has 1 unspecified atom stereocenters. The minimum atomic E-state index is -1.05. The molecule has 7 heteroatoms. The van der Waals surface area contributed by atoms with E-state index in [1.807, 2.05) is 30.3 Å². The van der Waals surface area contributed by atoms with Crippen LogP contribution in [0.5, 0.6) is 0 Å². The van der Waals surface area contributed by atoms with Crippen LogP contribution in [0.3, 0.4) is 0 Å². The highest BCUT2D eigenvalue weighted by Gasteiger charge is 2.16. The van der Waals surface area contributed by atoms with Crippen molar-refractivity contribution >= 4 is 23.7 Å². The molecule has 3 aliphatic rings. The molecule has 1 fully saturated rings. The van der Waals surface area contributed by atoms with E-state index in [1.54, 1.807) is 12.4 Å². The van der Waals surface area contributed by atoms with Gasteiger partial charge in [-0.25, -0.2) is 4.72 Å². The van der Waals surface area contributed by atoms with Crippen LogP contribution in [-0.4, -0.2) is 37.3 Å². The van der Waals surface area contributed by atoms with E-state index in [4.69, 9.17) is 4.74 Å². The second-order valence-electron chi connectivity index (χ2n) is 4.22. The summed E-state index contributed by atoms with van der Waals surface area (Å²) in [5.41, 5.74) is 1.03. The van der Waals surface area contributed by atoms with E-state index >= 15 is 0 Å². The molecule has 0 spiro atoms. The number of nitrogens with zero attached hydrogens (tertiary/aromatic N) is 1. The molecule has 0 saturated carbocycles. The van der Waals surface area contributed by atoms with Crippen molar-refractivity contribution in [2.75, 3.05) is 26.5 Å². The third kappa shape index (κ3) is 5.76. The first-order valence-electron chi connectivity index (χ1n) is 6.74. The van der Waals surface area contributed by atoms with E-state index in [-0.39, 0.29) is 0 Å². The molecule has 114 valence electrons. The van der Waals surface area contributed by atoms with Gasteiger partial charge >= 0.3 is 0 Å². The summed E-state index contributed by atoms with van der Waals surface area (Å²) in [7, 11) is 0. The third-order valence-electron chi connectivity index (χ3n) is 2.67. The minimum Gasteiger partial charge on any atom is -0.588 e. The van der Waals surface area contributed by atoms with E-state index in [9.17, 15) is 4.55 Å². The average Bonchev–Trinajstić information content (AvgIpc) is 3.26. The number of benzene rings is 1. The van der Waals surface area contributed by atoms with Gasteiger partial charge in [0.1, 0.15) is 18.0 Å². The first-order chi connectivity index (χ1) is 10.4. The van der Waals surface area contributed by atoms with Gasteiger partial charge in [-0.3, -0.25) is 5.32 Å². The standard InChI is InChI=1S/C8H7NOS.C3H7NO.C3H5NO/c10-11-8-4-2-1-3-7(8)5-6-9-11;1-2-5-3-4-1;1-2-4-5-3-1/h1-6,9H;4H,1-3H2;2H,1,3H2. The summed E-state index contributed by atoms with van der Waals surface area (Å²) in [5, 5.41) is 6.46. The highest BCUT2D eigenvalue weighted by atomic mass is 32.2. The quantitative estimate of drug-likeness (QED) is 0.705. The molecule has 4 rings (SSSR count). The van der Waals surface area contributed by atoms with Crippen LogP contribution in [0.2, 0.25) is 0 Å². The zero-order chi connectivity index (χ0) is 14.8. The van der Waals surface area contributed by atoms with Crippen molar-refractivity contribution in [2.24, 2.45) is 5.16 Å². The molecule has 1 aromatic carbocycles. The second kappa shape index (κ2) is 9.41. The maximum absolute atomic E-state index is 11.2. The van der Waals surface area contributed by atoms with E-state index < -0.39 is 11.4 Å². The summed E-state index contributed by atoms with van der Waals surface area (Å²) in [5.74, 6) is 0. The Morgan fingerprint density at radius 1 is 1.24 bits per heavy atom. The number of oxime groups is 1. The van der Waals surface area contributed by atoms with Crippen LogP contribution in [0.25, 0.3) is 6.08 Å². The van der Waals surface area contributed by atoms with Gasteiger partial charge in [0.2, 0.25) is 0 Å². The molecular formula is C14H19N3O3S. The lowest BCUT2D eigenvalue weighted by Gasteiger charge is -2.13. The zero-order valence-electron chi connectivity index (χ0n) is 11.7. The molecule has 0 bridgehead atoms. The Kier molecular flexibility index (Phi) is 7.10. The van der Waals surface area contributed by atoms with Gasteiger partial charge in [0.15, 0.2) is 4.90 Å². The molecule has 1 saturated heterocycles. The van der Waals surface area contributed by atoms with E-state index in [2.05, 4.69) is 20.0 Å². The molecule has 3 heterocycles. The van der Waals surface area contributed by atoms with Crippen molar-refractivity contribution < 1.29 is 14.1 Å². The molecule has 1 aromatic rings. The predicted molar refractivity (Wildman–Crippen MR) is 82.9 cm³/mol. The molecular weight excluding hydrogens is 290 g/mol. The Morgan fingerprint density at radius 3 is 2.67 bits per heavy atom. The topological polar surface area (TPSA) is 77.9 Å². The van der Waals surface area contributed by atoms with Crippen molar-refractivity contribution in [2.45, 2.75) is 11.3 Å². The van der Waals surface area contributed by atoms with Crippen LogP contribution in [0.15, 0.2) is 40.5 Å². The molecule has 0 amide bonds. The van der Waals surface area contributed by atoms with E-state index in [1.165, 1.54) is 0 Å². The van der Waals surface area contributed by atoms with Crippen LogP contribution in [0.1, 0.15) is 12.0 Å². The van der Waals surface area contributed by atoms with Crippen LogP contribution in [0.4, 0.5) is 0 Å². The molecule has 3 aliphatic heterocycles. The Hall–Kier alpha value is -1.54. The Bertz CT molecular complexity index is 465. The molecule has 21 heavy (non-hydrogen) atoms. The third-order valence-corrected chi connectivity index (χ3v) is 3.79. The second-order valence-corrected chi connectivity index (χ2v) is 5.43. The van der Waals surface area contributed by atoms with Gasteiger partial charge in [-0.05, 0) is 18.2 Å². The number of rotatable bonds is 0. The highest BCUT2D eigenvalue weighted by Crippen LogP contribution is 2.19. The maximum Gasteiger partial charge on any atom is 0.187 e. The molecule has 1 atom stereocenters. The smallest absolute Gasteiger partial charge is 0.187 e. The Morgan fingerprint density at radius 2 is 2.14 bits per heavy atom. The normalized spacial score (nSPS) is 21.1. The average molecular weight is 309 g/mol. The number of hydrogen-bond donors (Lipinski definition) is 2. The van der Waals surface area contributed by atoms with Crippen LogP contribution >= 0.6 is 0 Å². The lowest BCUT2D eigenvalue weighted by molar-refractivity contribution is 0.174. The van der Waals surface area contributed by atoms with Gasteiger partial charge in [0.05, 0.1) is 13.3 Å². The van der Waals surface area contributed by atoms with Gasteiger partial charge in [-0.2, -0.15) is 0 Å². The monoisotopic (exact) mass is 309 g/mol. The summed E-state index contributed by atoms with van der Waals surface area (Å²) in [6.45, 7) is 3.44. The van der Waals surface area contributed by atoms with Crippen LogP contribution in [-0.2, 0) is 20.9 Å². The number of ether oxygens (including phenoxy) is 1. The highest BCUT2D eigenvalue weighted by molar-refractivity contribution is 7.89. The minimum absolute atomic E-state index is 0.750. The fourth-order valence-electron chi connectivity index (χ4n) is 1.66. The fraction of sp³-hybridized carbons (Fsp3) is 0.357. The van der Waals surface area contributed by atoms with Gasteiger partial charge in [0, 0.05) is 30.9 Å². The summed E-state index contributed by atoms with van der Waals surface area (Å²) in [6.07, 6.45) is 6.37. The predicted octanol–water partition coefficient (Wildman–Crippen LogP) is 1.24. The van der Waals surface area contributed by atoms with Gasteiger partial charge in [0.25, 0.3) is 0 Å². The summed E-state index contributed by atoms with van der Waals surface area (Å²) in [6, 6.07) is 7.63. The molecule has 0 aromatic heterocycles. The first kappa shape index (κ1) is 15.8. The first-order valence-corrected chi connectivity index (χ1v) is 7.88. The lowest BCUT2D eigenvalue weighted by atomic mass is 10.2. The maximum atomic E-state index is 11.2. The fourth-order valence-corrected chi connectivity index (χ4v) is 2.53. The van der Waals surface area contributed by atoms with Crippen molar-refractivity contribution in [3.8, 4) is 0 Å². The van der Waals surface area contributed by atoms with Gasteiger partial charge in [-0.15, -0.1) is 0 Å². The zero-order valence-corrected chi connectivity index (χ0v) is 12.5. The molecule has 6 nitrogen and oxygen atoms in total. The van der Waals surface area contributed by atoms with Gasteiger partial charge in [-0.1, -0.05) is 17.3 Å². The molecule has 0 radical (unpaired) electrons. The molecule has 2 N–H and O–H groups in total. The summed E-state index contributed by atoms with van der Waals surface area (Å²) < 4.78 is 18.8. The van der Waals surface area contributed by atoms with E-state index in [0.29, 0.717) is 0 Å². The van der Waals surface area contributed by atoms with Gasteiger partial charge < -0.3 is 14.1 Å². The van der Waals surface area contributed by atoms with Crippen molar-refractivity contribution in [3.63, 3.8) is 0 Å². The number of nitrogens with one attached hydrogen (secondary N) is 2. The Balaban J connectivity index is 0.000000134. The van der Waals surface area contributed by atoms with Crippen LogP contribution < -0.4 is 10.0 Å². The van der Waals surface area contributed by atoms with Crippen molar-refractivity contribution in [3.05, 3.63) is 36.0 Å². The Labute approximate surface area is 127 Å². The van der Waals surface area contributed by atoms with Crippen molar-refractivity contribution in [1.82, 2.24) is 10.0 Å². The lowest BCUT2D eigenvalue weighted by Crippen LogP contribution is -2.21. The number of fused-ring (bicyclic) bond motifs is 1. The van der Waals surface area contributed by atoms with E-state index in [0.717, 1.165) is 43.4 Å². The summed E-state index contributed by atoms with van der Waals surface area (Å²) in [4.78, 5) is 5.37. The molecule has 0 aliphatic carbocycles. The largest absolute Gasteiger partial charge is 0.588 e.